The van der Waals surface area contributed by atoms with Gasteiger partial charge in [-0.3, -0.25) is 0 Å². The van der Waals surface area contributed by atoms with Gasteiger partial charge in [0, 0.05) is 21.0 Å². The largest absolute Gasteiger partial charge is 0.254 e. The molecule has 0 saturated carbocycles. The zero-order chi connectivity index (χ0) is 9.19. The van der Waals surface area contributed by atoms with Crippen molar-refractivity contribution in [3.63, 3.8) is 0 Å². The fourth-order valence-electron chi connectivity index (χ4n) is 0.566. The van der Waals surface area contributed by atoms with Crippen molar-refractivity contribution in [3.8, 4) is 0 Å². The summed E-state index contributed by atoms with van der Waals surface area (Å²) in [6.07, 6.45) is 1.46. The Labute approximate surface area is 87.4 Å². The second-order valence-corrected chi connectivity index (χ2v) is 6.93. The Bertz CT molecular complexity index is 393. The van der Waals surface area contributed by atoms with Gasteiger partial charge in [0.15, 0.2) is 0 Å². The third-order valence-electron chi connectivity index (χ3n) is 0.989. The van der Waals surface area contributed by atoms with Gasteiger partial charge in [0.05, 0.1) is 3.79 Å². The topological polar surface area (TPSA) is 34.1 Å². The van der Waals surface area contributed by atoms with Gasteiger partial charge in [-0.1, -0.05) is 0 Å². The summed E-state index contributed by atoms with van der Waals surface area (Å²) >= 11 is 4.69. The van der Waals surface area contributed by atoms with E-state index in [0.29, 0.717) is 0 Å². The average molecular weight is 288 g/mol. The highest BCUT2D eigenvalue weighted by Gasteiger charge is 1.98. The van der Waals surface area contributed by atoms with Crippen LogP contribution in [0.5, 0.6) is 0 Å². The van der Waals surface area contributed by atoms with Crippen LogP contribution in [0, 0.1) is 0 Å². The Morgan fingerprint density at radius 1 is 1.50 bits per heavy atom. The van der Waals surface area contributed by atoms with Crippen molar-refractivity contribution in [2.45, 2.75) is 0 Å². The van der Waals surface area contributed by atoms with E-state index in [2.05, 4.69) is 15.9 Å². The molecule has 12 heavy (non-hydrogen) atoms. The summed E-state index contributed by atoms with van der Waals surface area (Å²) in [6, 6.07) is 3.64. The fraction of sp³-hybridized carbons (Fsp3) is 0. The molecule has 6 heteroatoms. The Morgan fingerprint density at radius 3 is 2.58 bits per heavy atom. The van der Waals surface area contributed by atoms with Crippen LogP contribution in [0.3, 0.4) is 0 Å². The van der Waals surface area contributed by atoms with E-state index in [9.17, 15) is 8.42 Å². The monoisotopic (exact) mass is 286 g/mol. The zero-order valence-corrected chi connectivity index (χ0v) is 9.67. The standard InChI is InChI=1S/C6H4BrClO2S2/c7-6-2-1-5(11-6)3-4-12(8,9)10/h1-4H. The van der Waals surface area contributed by atoms with Crippen molar-refractivity contribution < 1.29 is 8.42 Å². The maximum absolute atomic E-state index is 10.5. The van der Waals surface area contributed by atoms with Crippen molar-refractivity contribution in [3.05, 3.63) is 26.2 Å². The van der Waals surface area contributed by atoms with Crippen molar-refractivity contribution in [2.75, 3.05) is 0 Å². The van der Waals surface area contributed by atoms with Crippen molar-refractivity contribution in [1.82, 2.24) is 0 Å². The molecule has 66 valence electrons. The van der Waals surface area contributed by atoms with Gasteiger partial charge in [0.2, 0.25) is 0 Å². The lowest BCUT2D eigenvalue weighted by Crippen LogP contribution is -1.77. The summed E-state index contributed by atoms with van der Waals surface area (Å²) in [5.74, 6) is 0. The molecule has 0 unspecified atom stereocenters. The third-order valence-corrected chi connectivity index (χ3v) is 3.35. The lowest BCUT2D eigenvalue weighted by Gasteiger charge is -1.81. The predicted octanol–water partition coefficient (Wildman–Crippen LogP) is 3.05. The second-order valence-electron chi connectivity index (χ2n) is 1.92. The molecule has 0 amide bonds. The summed E-state index contributed by atoms with van der Waals surface area (Å²) in [6.45, 7) is 0. The summed E-state index contributed by atoms with van der Waals surface area (Å²) in [5.41, 5.74) is 0. The van der Waals surface area contributed by atoms with E-state index in [4.69, 9.17) is 10.7 Å². The number of thiophene rings is 1. The Balaban J connectivity index is 2.84. The van der Waals surface area contributed by atoms with E-state index >= 15 is 0 Å². The van der Waals surface area contributed by atoms with Crippen LogP contribution >= 0.6 is 37.9 Å². The molecule has 0 aliphatic carbocycles. The summed E-state index contributed by atoms with van der Waals surface area (Å²) in [4.78, 5) is 0.839. The van der Waals surface area contributed by atoms with Crippen LogP contribution in [0.4, 0.5) is 0 Å². The van der Waals surface area contributed by atoms with Gasteiger partial charge in [0.25, 0.3) is 9.05 Å². The number of hydrogen-bond donors (Lipinski definition) is 0. The lowest BCUT2D eigenvalue weighted by molar-refractivity contribution is 0.617. The molecule has 0 bridgehead atoms. The van der Waals surface area contributed by atoms with Crippen LogP contribution in [0.25, 0.3) is 6.08 Å². The van der Waals surface area contributed by atoms with Crippen LogP contribution < -0.4 is 0 Å². The molecule has 1 heterocycles. The van der Waals surface area contributed by atoms with Gasteiger partial charge >= 0.3 is 0 Å². The van der Waals surface area contributed by atoms with E-state index in [1.165, 1.54) is 17.4 Å². The summed E-state index contributed by atoms with van der Waals surface area (Å²) in [7, 11) is 1.44. The van der Waals surface area contributed by atoms with Crippen molar-refractivity contribution >= 4 is 53.1 Å². The molecule has 1 aromatic heterocycles. The van der Waals surface area contributed by atoms with Crippen LogP contribution in [-0.4, -0.2) is 8.42 Å². The first-order valence-corrected chi connectivity index (χ1v) is 6.84. The maximum Gasteiger partial charge on any atom is 0.254 e. The van der Waals surface area contributed by atoms with Gasteiger partial charge < -0.3 is 0 Å². The minimum Gasteiger partial charge on any atom is -0.208 e. The van der Waals surface area contributed by atoms with Crippen LogP contribution in [0.15, 0.2) is 21.3 Å². The van der Waals surface area contributed by atoms with Gasteiger partial charge in [-0.25, -0.2) is 8.42 Å². The molecule has 0 spiro atoms. The molecule has 1 aromatic rings. The molecule has 0 aromatic carbocycles. The molecule has 0 N–H and O–H groups in total. The van der Waals surface area contributed by atoms with Crippen LogP contribution in [0.1, 0.15) is 4.88 Å². The normalized spacial score (nSPS) is 12.5. The molecule has 0 saturated heterocycles. The molecule has 1 rings (SSSR count). The van der Waals surface area contributed by atoms with Crippen molar-refractivity contribution in [1.29, 1.82) is 0 Å². The van der Waals surface area contributed by atoms with Crippen LogP contribution in [0.2, 0.25) is 0 Å². The van der Waals surface area contributed by atoms with E-state index < -0.39 is 9.05 Å². The van der Waals surface area contributed by atoms with Gasteiger partial charge in [0.1, 0.15) is 0 Å². The quantitative estimate of drug-likeness (QED) is 0.784. The number of halogens is 2. The Morgan fingerprint density at radius 2 is 2.17 bits per heavy atom. The second kappa shape index (κ2) is 3.91. The van der Waals surface area contributed by atoms with Crippen molar-refractivity contribution in [2.24, 2.45) is 0 Å². The smallest absolute Gasteiger partial charge is 0.208 e. The molecule has 0 radical (unpaired) electrons. The first-order chi connectivity index (χ1) is 5.47. The van der Waals surface area contributed by atoms with E-state index in [1.54, 1.807) is 6.07 Å². The zero-order valence-electron chi connectivity index (χ0n) is 5.70. The maximum atomic E-state index is 10.5. The SMILES string of the molecule is O=S(=O)(Cl)C=Cc1ccc(Br)s1. The van der Waals surface area contributed by atoms with E-state index in [-0.39, 0.29) is 0 Å². The van der Waals surface area contributed by atoms with E-state index in [0.717, 1.165) is 14.1 Å². The molecular weight excluding hydrogens is 284 g/mol. The minimum atomic E-state index is -3.53. The molecular formula is C6H4BrClO2S2. The number of rotatable bonds is 2. The third kappa shape index (κ3) is 3.71. The highest BCUT2D eigenvalue weighted by molar-refractivity contribution is 9.11. The molecule has 0 aliphatic heterocycles. The fourth-order valence-corrected chi connectivity index (χ4v) is 2.44. The van der Waals surface area contributed by atoms with Gasteiger partial charge in [-0.15, -0.1) is 11.3 Å². The molecule has 0 aliphatic rings. The number of hydrogen-bond acceptors (Lipinski definition) is 3. The average Bonchev–Trinajstić information content (AvgIpc) is 2.30. The first kappa shape index (κ1) is 10.2. The predicted molar refractivity (Wildman–Crippen MR) is 55.8 cm³/mol. The highest BCUT2D eigenvalue weighted by atomic mass is 79.9. The first-order valence-electron chi connectivity index (χ1n) is 2.85. The molecule has 2 nitrogen and oxygen atoms in total. The minimum absolute atomic E-state index is 0.839. The Kier molecular flexibility index (Phi) is 3.34. The summed E-state index contributed by atoms with van der Waals surface area (Å²) < 4.78 is 21.9. The van der Waals surface area contributed by atoms with Gasteiger partial charge in [-0.05, 0) is 34.1 Å². The van der Waals surface area contributed by atoms with E-state index in [1.807, 2.05) is 6.07 Å². The Hall–Kier alpha value is 0.160. The molecule has 0 atom stereocenters. The molecule has 0 fully saturated rings. The lowest BCUT2D eigenvalue weighted by atomic mass is 10.5. The van der Waals surface area contributed by atoms with Gasteiger partial charge in [-0.2, -0.15) is 0 Å². The van der Waals surface area contributed by atoms with Crippen LogP contribution in [-0.2, 0) is 9.05 Å². The summed E-state index contributed by atoms with van der Waals surface area (Å²) in [5, 5.41) is 0.965. The highest BCUT2D eigenvalue weighted by Crippen LogP contribution is 2.23.